The molecule has 178 valence electrons. The van der Waals surface area contributed by atoms with Gasteiger partial charge in [-0.3, -0.25) is 9.59 Å². The fourth-order valence-corrected chi connectivity index (χ4v) is 5.00. The summed E-state index contributed by atoms with van der Waals surface area (Å²) in [6.45, 7) is 12.9. The summed E-state index contributed by atoms with van der Waals surface area (Å²) in [6, 6.07) is 15.6. The number of carbonyl (C=O) groups excluding carboxylic acids is 2. The van der Waals surface area contributed by atoms with Crippen LogP contribution in [-0.2, 0) is 14.3 Å². The van der Waals surface area contributed by atoms with E-state index in [0.717, 1.165) is 43.6 Å². The molecule has 7 nitrogen and oxygen atoms in total. The number of hydrogen-bond acceptors (Lipinski definition) is 4. The lowest BCUT2D eigenvalue weighted by molar-refractivity contribution is -0.124. The number of nitrogens with one attached hydrogen (secondary N) is 2. The zero-order chi connectivity index (χ0) is 23.9. The van der Waals surface area contributed by atoms with E-state index in [0.29, 0.717) is 31.1 Å². The smallest absolute Gasteiger partial charge is 0.229 e. The molecular formula is C27H32N4O3. The third-order valence-electron chi connectivity index (χ3n) is 6.81. The maximum atomic E-state index is 12.9. The van der Waals surface area contributed by atoms with Gasteiger partial charge in [-0.25, -0.2) is 4.85 Å². The van der Waals surface area contributed by atoms with E-state index in [1.807, 2.05) is 49.4 Å². The molecule has 2 unspecified atom stereocenters. The highest BCUT2D eigenvalue weighted by Gasteiger charge is 2.33. The van der Waals surface area contributed by atoms with Crippen molar-refractivity contribution >= 4 is 28.9 Å². The Balaban J connectivity index is 1.44. The molecule has 0 radical (unpaired) electrons. The molecule has 2 heterocycles. The van der Waals surface area contributed by atoms with Crippen molar-refractivity contribution in [1.82, 2.24) is 5.32 Å². The lowest BCUT2D eigenvalue weighted by atomic mass is 9.79. The van der Waals surface area contributed by atoms with Crippen LogP contribution in [0.2, 0.25) is 0 Å². The quantitative estimate of drug-likeness (QED) is 0.603. The van der Waals surface area contributed by atoms with Crippen molar-refractivity contribution in [1.29, 1.82) is 0 Å². The van der Waals surface area contributed by atoms with Gasteiger partial charge in [-0.1, -0.05) is 30.3 Å². The Morgan fingerprint density at radius 1 is 1.15 bits per heavy atom. The standard InChI is InChI=1S/C27H32N4O3/c1-3-29-27(33)25(19-7-5-4-6-8-19)20-11-14-31(15-12-20)24-10-9-22(17-23(24)28-2)30-26(32)21-13-16-34-18-21/h4-10,17,20-21,25H,3,11-16,18H2,1H3,(H,29,33)(H,30,32). The van der Waals surface area contributed by atoms with E-state index < -0.39 is 0 Å². The van der Waals surface area contributed by atoms with Crippen LogP contribution in [0.3, 0.4) is 0 Å². The van der Waals surface area contributed by atoms with Gasteiger partial charge in [0, 0.05) is 37.6 Å². The van der Waals surface area contributed by atoms with Gasteiger partial charge in [0.15, 0.2) is 0 Å². The number of anilines is 2. The maximum Gasteiger partial charge on any atom is 0.229 e. The minimum Gasteiger partial charge on any atom is -0.381 e. The van der Waals surface area contributed by atoms with Crippen molar-refractivity contribution in [2.75, 3.05) is 43.1 Å². The lowest BCUT2D eigenvalue weighted by Gasteiger charge is -2.37. The normalized spacial score (nSPS) is 19.3. The van der Waals surface area contributed by atoms with E-state index in [-0.39, 0.29) is 29.6 Å². The molecule has 2 aromatic carbocycles. The monoisotopic (exact) mass is 460 g/mol. The van der Waals surface area contributed by atoms with E-state index in [4.69, 9.17) is 11.3 Å². The van der Waals surface area contributed by atoms with Crippen molar-refractivity contribution in [3.05, 3.63) is 65.5 Å². The molecule has 7 heteroatoms. The van der Waals surface area contributed by atoms with Gasteiger partial charge in [-0.05, 0) is 55.9 Å². The van der Waals surface area contributed by atoms with Crippen LogP contribution >= 0.6 is 0 Å². The summed E-state index contributed by atoms with van der Waals surface area (Å²) in [7, 11) is 0. The Hall–Kier alpha value is -3.37. The fourth-order valence-electron chi connectivity index (χ4n) is 5.00. The second-order valence-corrected chi connectivity index (χ2v) is 8.97. The van der Waals surface area contributed by atoms with Gasteiger partial charge in [0.05, 0.1) is 25.0 Å². The third kappa shape index (κ3) is 5.40. The molecule has 2 N–H and O–H groups in total. The van der Waals surface area contributed by atoms with Gasteiger partial charge in [0.2, 0.25) is 17.5 Å². The number of rotatable bonds is 7. The summed E-state index contributed by atoms with van der Waals surface area (Å²) in [4.78, 5) is 31.3. The first-order valence-electron chi connectivity index (χ1n) is 12.1. The van der Waals surface area contributed by atoms with Crippen molar-refractivity contribution < 1.29 is 14.3 Å². The molecule has 2 aliphatic rings. The zero-order valence-corrected chi connectivity index (χ0v) is 19.6. The number of nitrogens with zero attached hydrogens (tertiary/aromatic N) is 2. The third-order valence-corrected chi connectivity index (χ3v) is 6.81. The zero-order valence-electron chi connectivity index (χ0n) is 19.6. The van der Waals surface area contributed by atoms with Gasteiger partial charge in [-0.2, -0.15) is 0 Å². The topological polar surface area (TPSA) is 75.0 Å². The van der Waals surface area contributed by atoms with E-state index in [1.165, 1.54) is 0 Å². The fraction of sp³-hybridized carbons (Fsp3) is 0.444. The van der Waals surface area contributed by atoms with Gasteiger partial charge in [-0.15, -0.1) is 0 Å². The molecule has 2 fully saturated rings. The first-order chi connectivity index (χ1) is 16.6. The first-order valence-corrected chi connectivity index (χ1v) is 12.1. The minimum atomic E-state index is -0.166. The first kappa shape index (κ1) is 23.8. The van der Waals surface area contributed by atoms with Gasteiger partial charge in [0.25, 0.3) is 0 Å². The number of benzene rings is 2. The van der Waals surface area contributed by atoms with E-state index >= 15 is 0 Å². The summed E-state index contributed by atoms with van der Waals surface area (Å²) in [5, 5.41) is 5.94. The van der Waals surface area contributed by atoms with Crippen molar-refractivity contribution in [3.63, 3.8) is 0 Å². The van der Waals surface area contributed by atoms with Gasteiger partial charge >= 0.3 is 0 Å². The molecule has 2 aromatic rings. The Labute approximate surface area is 201 Å². The number of hydrogen-bond donors (Lipinski definition) is 2. The molecule has 0 bridgehead atoms. The largest absolute Gasteiger partial charge is 0.381 e. The molecule has 2 atom stereocenters. The highest BCUT2D eigenvalue weighted by Crippen LogP contribution is 2.38. The molecule has 34 heavy (non-hydrogen) atoms. The van der Waals surface area contributed by atoms with Crippen LogP contribution in [0.1, 0.15) is 37.7 Å². The Bertz CT molecular complexity index is 1040. The molecule has 4 rings (SSSR count). The van der Waals surface area contributed by atoms with Crippen LogP contribution in [0.4, 0.5) is 17.1 Å². The van der Waals surface area contributed by atoms with E-state index in [2.05, 4.69) is 20.4 Å². The summed E-state index contributed by atoms with van der Waals surface area (Å²) in [6.07, 6.45) is 2.47. The predicted octanol–water partition coefficient (Wildman–Crippen LogP) is 4.35. The van der Waals surface area contributed by atoms with E-state index in [9.17, 15) is 9.59 Å². The number of ether oxygens (including phenoxy) is 1. The highest BCUT2D eigenvalue weighted by atomic mass is 16.5. The summed E-state index contributed by atoms with van der Waals surface area (Å²) in [5.74, 6) is -0.0202. The number of piperidine rings is 1. The molecule has 2 saturated heterocycles. The van der Waals surface area contributed by atoms with Crippen LogP contribution in [0.25, 0.3) is 4.85 Å². The van der Waals surface area contributed by atoms with Crippen molar-refractivity contribution in [2.24, 2.45) is 11.8 Å². The van der Waals surface area contributed by atoms with Crippen LogP contribution in [0, 0.1) is 18.4 Å². The second kappa shape index (κ2) is 11.2. The Kier molecular flexibility index (Phi) is 7.81. The van der Waals surface area contributed by atoms with Crippen LogP contribution in [-0.4, -0.2) is 44.7 Å². The van der Waals surface area contributed by atoms with Crippen LogP contribution in [0.15, 0.2) is 48.5 Å². The highest BCUT2D eigenvalue weighted by molar-refractivity contribution is 5.94. The maximum absolute atomic E-state index is 12.9. The average Bonchev–Trinajstić information content (AvgIpc) is 3.41. The predicted molar refractivity (Wildman–Crippen MR) is 133 cm³/mol. The Morgan fingerprint density at radius 2 is 1.91 bits per heavy atom. The number of likely N-dealkylation sites (N-methyl/N-ethyl adjacent to an activating group) is 1. The molecule has 0 spiro atoms. The van der Waals surface area contributed by atoms with Crippen LogP contribution in [0.5, 0.6) is 0 Å². The molecular weight excluding hydrogens is 428 g/mol. The van der Waals surface area contributed by atoms with E-state index in [1.54, 1.807) is 6.07 Å². The summed E-state index contributed by atoms with van der Waals surface area (Å²) >= 11 is 0. The number of amides is 2. The Morgan fingerprint density at radius 3 is 2.56 bits per heavy atom. The van der Waals surface area contributed by atoms with Crippen LogP contribution < -0.4 is 15.5 Å². The molecule has 2 amide bonds. The van der Waals surface area contributed by atoms with Gasteiger partial charge in [0.1, 0.15) is 0 Å². The minimum absolute atomic E-state index is 0.0562. The average molecular weight is 461 g/mol. The molecule has 2 aliphatic heterocycles. The summed E-state index contributed by atoms with van der Waals surface area (Å²) in [5.41, 5.74) is 3.11. The van der Waals surface area contributed by atoms with Crippen molar-refractivity contribution in [2.45, 2.75) is 32.1 Å². The number of carbonyl (C=O) groups is 2. The SMILES string of the molecule is [C-]#[N+]c1cc(NC(=O)C2CCOC2)ccc1N1CCC(C(C(=O)NCC)c2ccccc2)CC1. The van der Waals surface area contributed by atoms with Gasteiger partial charge < -0.3 is 20.3 Å². The molecule has 0 aliphatic carbocycles. The van der Waals surface area contributed by atoms with Crippen molar-refractivity contribution in [3.8, 4) is 0 Å². The molecule has 0 aromatic heterocycles. The summed E-state index contributed by atoms with van der Waals surface area (Å²) < 4.78 is 5.30. The lowest BCUT2D eigenvalue weighted by Crippen LogP contribution is -2.40. The second-order valence-electron chi connectivity index (χ2n) is 8.97. The molecule has 0 saturated carbocycles.